The van der Waals surface area contributed by atoms with Gasteiger partial charge in [-0.25, -0.2) is 12.7 Å². The first-order valence-electron chi connectivity index (χ1n) is 7.71. The third-order valence-corrected chi connectivity index (χ3v) is 6.27. The molecule has 5 nitrogen and oxygen atoms in total. The fraction of sp³-hybridized carbons (Fsp3) is 0.167. The monoisotopic (exact) mass is 409 g/mol. The van der Waals surface area contributed by atoms with E-state index in [1.54, 1.807) is 30.3 Å². The normalized spacial score (nSPS) is 17.5. The number of sulfonamides is 1. The Morgan fingerprint density at radius 3 is 2.46 bits per heavy atom. The van der Waals surface area contributed by atoms with Crippen LogP contribution >= 0.6 is 23.8 Å². The van der Waals surface area contributed by atoms with Gasteiger partial charge in [0.05, 0.1) is 18.6 Å². The molecule has 0 aromatic heterocycles. The Hall–Kier alpha value is -2.09. The Labute approximate surface area is 162 Å². The number of rotatable bonds is 5. The van der Waals surface area contributed by atoms with E-state index in [1.807, 2.05) is 18.2 Å². The Bertz CT molecular complexity index is 925. The predicted molar refractivity (Wildman–Crippen MR) is 105 cm³/mol. The number of halogens is 1. The number of hydrogen-bond donors (Lipinski definition) is 0. The molecule has 1 atom stereocenters. The molecule has 0 spiro atoms. The van der Waals surface area contributed by atoms with E-state index in [4.69, 9.17) is 33.3 Å². The van der Waals surface area contributed by atoms with Crippen LogP contribution in [0.5, 0.6) is 5.75 Å². The van der Waals surface area contributed by atoms with Crippen LogP contribution in [0.25, 0.3) is 6.08 Å². The molecule has 1 aliphatic rings. The van der Waals surface area contributed by atoms with Gasteiger partial charge < -0.3 is 9.47 Å². The average molecular weight is 410 g/mol. The molecule has 26 heavy (non-hydrogen) atoms. The zero-order chi connectivity index (χ0) is 18.7. The van der Waals surface area contributed by atoms with Crippen LogP contribution in [0.15, 0.2) is 59.5 Å². The summed E-state index contributed by atoms with van der Waals surface area (Å²) in [6.45, 7) is 0.122. The number of hydrogen-bond acceptors (Lipinski definition) is 5. The molecule has 8 heteroatoms. The Morgan fingerprint density at radius 1 is 1.19 bits per heavy atom. The summed E-state index contributed by atoms with van der Waals surface area (Å²) in [6.07, 6.45) is 3.16. The van der Waals surface area contributed by atoms with Crippen molar-refractivity contribution in [3.8, 4) is 5.75 Å². The predicted octanol–water partition coefficient (Wildman–Crippen LogP) is 3.74. The van der Waals surface area contributed by atoms with Gasteiger partial charge in [0.25, 0.3) is 15.2 Å². The van der Waals surface area contributed by atoms with Crippen molar-refractivity contribution in [1.82, 2.24) is 4.31 Å². The molecule has 1 heterocycles. The molecule has 1 unspecified atom stereocenters. The van der Waals surface area contributed by atoms with Crippen molar-refractivity contribution in [3.63, 3.8) is 0 Å². The maximum Gasteiger partial charge on any atom is 0.274 e. The maximum absolute atomic E-state index is 12.8. The molecule has 3 rings (SSSR count). The molecule has 0 saturated carbocycles. The van der Waals surface area contributed by atoms with Gasteiger partial charge in [-0.05, 0) is 60.3 Å². The highest BCUT2D eigenvalue weighted by Crippen LogP contribution is 2.25. The fourth-order valence-corrected chi connectivity index (χ4v) is 4.36. The van der Waals surface area contributed by atoms with Gasteiger partial charge in [-0.1, -0.05) is 29.8 Å². The molecular weight excluding hydrogens is 394 g/mol. The van der Waals surface area contributed by atoms with Gasteiger partial charge in [-0.2, -0.15) is 0 Å². The summed E-state index contributed by atoms with van der Waals surface area (Å²) >= 11 is 11.0. The minimum Gasteiger partial charge on any atom is -0.497 e. The first-order chi connectivity index (χ1) is 12.4. The lowest BCUT2D eigenvalue weighted by molar-refractivity contribution is 0.287. The van der Waals surface area contributed by atoms with Crippen molar-refractivity contribution in [1.29, 1.82) is 0 Å². The summed E-state index contributed by atoms with van der Waals surface area (Å²) < 4.78 is 37.2. The highest BCUT2D eigenvalue weighted by molar-refractivity contribution is 7.91. The molecule has 1 saturated heterocycles. The highest BCUT2D eigenvalue weighted by Gasteiger charge is 2.36. The maximum atomic E-state index is 12.8. The van der Waals surface area contributed by atoms with Gasteiger partial charge in [0.15, 0.2) is 0 Å². The van der Waals surface area contributed by atoms with Gasteiger partial charge in [-0.15, -0.1) is 0 Å². The van der Waals surface area contributed by atoms with Crippen LogP contribution in [0.3, 0.4) is 0 Å². The van der Waals surface area contributed by atoms with E-state index in [2.05, 4.69) is 0 Å². The topological polar surface area (TPSA) is 55.8 Å². The van der Waals surface area contributed by atoms with Crippen molar-refractivity contribution in [2.75, 3.05) is 13.7 Å². The number of benzene rings is 2. The molecule has 1 aliphatic heterocycles. The van der Waals surface area contributed by atoms with E-state index in [-0.39, 0.29) is 16.6 Å². The van der Waals surface area contributed by atoms with Gasteiger partial charge >= 0.3 is 0 Å². The second-order valence-electron chi connectivity index (χ2n) is 5.54. The zero-order valence-corrected chi connectivity index (χ0v) is 16.2. The van der Waals surface area contributed by atoms with Crippen LogP contribution in [-0.2, 0) is 14.8 Å². The van der Waals surface area contributed by atoms with Crippen LogP contribution < -0.4 is 4.74 Å². The highest BCUT2D eigenvalue weighted by atomic mass is 35.5. The average Bonchev–Trinajstić information content (AvgIpc) is 3.03. The number of methoxy groups -OCH3 is 1. The van der Waals surface area contributed by atoms with Gasteiger partial charge in [0.2, 0.25) is 0 Å². The lowest BCUT2D eigenvalue weighted by Crippen LogP contribution is -2.32. The Kier molecular flexibility index (Phi) is 5.50. The first kappa shape index (κ1) is 18.7. The summed E-state index contributed by atoms with van der Waals surface area (Å²) in [7, 11) is -2.26. The summed E-state index contributed by atoms with van der Waals surface area (Å²) in [6, 6.07) is 13.4. The first-order valence-corrected chi connectivity index (χ1v) is 9.94. The largest absolute Gasteiger partial charge is 0.497 e. The van der Waals surface area contributed by atoms with Crippen molar-refractivity contribution >= 4 is 45.1 Å². The molecule has 1 fully saturated rings. The van der Waals surface area contributed by atoms with Gasteiger partial charge in [0.1, 0.15) is 11.9 Å². The molecule has 136 valence electrons. The number of thiocarbonyl (C=S) groups is 1. The van der Waals surface area contributed by atoms with Crippen molar-refractivity contribution in [3.05, 3.63) is 65.2 Å². The summed E-state index contributed by atoms with van der Waals surface area (Å²) in [5.74, 6) is 0.577. The summed E-state index contributed by atoms with van der Waals surface area (Å²) in [5, 5.41) is 0.587. The second kappa shape index (κ2) is 7.65. The fourth-order valence-electron chi connectivity index (χ4n) is 2.43. The molecule has 0 radical (unpaired) electrons. The minimum absolute atomic E-state index is 0.0634. The van der Waals surface area contributed by atoms with Crippen LogP contribution in [0, 0.1) is 0 Å². The Balaban J connectivity index is 1.74. The van der Waals surface area contributed by atoms with Crippen LogP contribution in [0.2, 0.25) is 5.02 Å². The molecule has 0 amide bonds. The number of ether oxygens (including phenoxy) is 2. The van der Waals surface area contributed by atoms with E-state index >= 15 is 0 Å². The lowest BCUT2D eigenvalue weighted by atomic mass is 10.2. The zero-order valence-electron chi connectivity index (χ0n) is 13.8. The summed E-state index contributed by atoms with van der Waals surface area (Å²) in [5.41, 5.74) is 0.931. The summed E-state index contributed by atoms with van der Waals surface area (Å²) in [4.78, 5) is 0.131. The molecule has 0 N–H and O–H groups in total. The van der Waals surface area contributed by atoms with Crippen LogP contribution in [-0.4, -0.2) is 37.7 Å². The van der Waals surface area contributed by atoms with E-state index in [1.165, 1.54) is 19.2 Å². The van der Waals surface area contributed by atoms with Gasteiger partial charge in [0, 0.05) is 5.02 Å². The number of nitrogens with zero attached hydrogens (tertiary/aromatic N) is 1. The van der Waals surface area contributed by atoms with Crippen LogP contribution in [0.4, 0.5) is 0 Å². The molecular formula is C18H16ClNO4S2. The van der Waals surface area contributed by atoms with E-state index < -0.39 is 16.1 Å². The van der Waals surface area contributed by atoms with E-state index in [9.17, 15) is 8.42 Å². The third kappa shape index (κ3) is 4.00. The molecule has 0 bridgehead atoms. The molecule has 2 aromatic rings. The van der Waals surface area contributed by atoms with E-state index in [0.717, 1.165) is 9.87 Å². The lowest BCUT2D eigenvalue weighted by Gasteiger charge is -2.15. The van der Waals surface area contributed by atoms with Crippen molar-refractivity contribution in [2.45, 2.75) is 11.0 Å². The minimum atomic E-state index is -3.77. The quantitative estimate of drug-likeness (QED) is 0.704. The molecule has 2 aromatic carbocycles. The van der Waals surface area contributed by atoms with Crippen LogP contribution in [0.1, 0.15) is 5.56 Å². The third-order valence-electron chi connectivity index (χ3n) is 3.82. The SMILES string of the molecule is COc1ccc(S(=O)(=O)N2CC(/C=C/c3ccc(Cl)cc3)OC2=S)cc1. The van der Waals surface area contributed by atoms with E-state index in [0.29, 0.717) is 10.8 Å². The van der Waals surface area contributed by atoms with Gasteiger partial charge in [-0.3, -0.25) is 0 Å². The van der Waals surface area contributed by atoms with Crippen molar-refractivity contribution in [2.24, 2.45) is 0 Å². The van der Waals surface area contributed by atoms with Crippen molar-refractivity contribution < 1.29 is 17.9 Å². The standard InChI is InChI=1S/C18H16ClNO4S2/c1-23-15-8-10-17(11-9-15)26(21,22)20-12-16(24-18(20)25)7-4-13-2-5-14(19)6-3-13/h2-11,16H,12H2,1H3/b7-4+. The second-order valence-corrected chi connectivity index (χ2v) is 8.19. The smallest absolute Gasteiger partial charge is 0.274 e. The molecule has 0 aliphatic carbocycles. The Morgan fingerprint density at radius 2 is 1.85 bits per heavy atom.